The smallest absolute Gasteiger partial charge is 0.375 e. The fourth-order valence-corrected chi connectivity index (χ4v) is 1.62. The van der Waals surface area contributed by atoms with Gasteiger partial charge in [-0.25, -0.2) is 0 Å². The van der Waals surface area contributed by atoms with Crippen LogP contribution in [0.5, 0.6) is 0 Å². The van der Waals surface area contributed by atoms with Gasteiger partial charge in [-0.2, -0.15) is 13.2 Å². The van der Waals surface area contributed by atoms with Gasteiger partial charge >= 0.3 is 6.18 Å². The minimum Gasteiger partial charge on any atom is -0.375 e. The maximum atomic E-state index is 12.0. The fourth-order valence-electron chi connectivity index (χ4n) is 1.62. The van der Waals surface area contributed by atoms with E-state index in [1.807, 2.05) is 18.7 Å². The highest BCUT2D eigenvalue weighted by Gasteiger charge is 2.30. The van der Waals surface area contributed by atoms with Crippen molar-refractivity contribution in [2.45, 2.75) is 32.5 Å². The largest absolute Gasteiger partial charge is 0.390 e. The van der Waals surface area contributed by atoms with Crippen molar-refractivity contribution in [3.63, 3.8) is 0 Å². The number of halogens is 3. The van der Waals surface area contributed by atoms with Crippen LogP contribution in [-0.2, 0) is 4.74 Å². The predicted molar refractivity (Wildman–Crippen MR) is 51.7 cm³/mol. The predicted octanol–water partition coefficient (Wildman–Crippen LogP) is 2.30. The van der Waals surface area contributed by atoms with Gasteiger partial charge in [0.1, 0.15) is 0 Å². The Morgan fingerprint density at radius 1 is 1.40 bits per heavy atom. The molecule has 90 valence electrons. The third-order valence-electron chi connectivity index (χ3n) is 2.63. The standard InChI is InChI=1S/C10H18F3NO/c1-8(2)9-7-14(5-6-15-9)4-3-10(11,12)13/h8-9H,3-7H2,1-2H3. The molecule has 1 atom stereocenters. The quantitative estimate of drug-likeness (QED) is 0.730. The zero-order valence-corrected chi connectivity index (χ0v) is 9.18. The fraction of sp³-hybridized carbons (Fsp3) is 1.00. The maximum absolute atomic E-state index is 12.0. The van der Waals surface area contributed by atoms with Crippen LogP contribution in [0.25, 0.3) is 0 Å². The van der Waals surface area contributed by atoms with Crippen LogP contribution in [-0.4, -0.2) is 43.4 Å². The summed E-state index contributed by atoms with van der Waals surface area (Å²) in [4.78, 5) is 1.83. The lowest BCUT2D eigenvalue weighted by atomic mass is 10.1. The van der Waals surface area contributed by atoms with Crippen molar-refractivity contribution < 1.29 is 17.9 Å². The van der Waals surface area contributed by atoms with Crippen LogP contribution in [0.1, 0.15) is 20.3 Å². The highest BCUT2D eigenvalue weighted by Crippen LogP contribution is 2.21. The van der Waals surface area contributed by atoms with E-state index < -0.39 is 12.6 Å². The summed E-state index contributed by atoms with van der Waals surface area (Å²) in [5.74, 6) is 0.360. The van der Waals surface area contributed by atoms with Gasteiger partial charge in [0.2, 0.25) is 0 Å². The van der Waals surface area contributed by atoms with Crippen LogP contribution in [0.3, 0.4) is 0 Å². The summed E-state index contributed by atoms with van der Waals surface area (Å²) in [6.45, 7) is 5.92. The molecule has 2 nitrogen and oxygen atoms in total. The molecule has 0 N–H and O–H groups in total. The Morgan fingerprint density at radius 2 is 2.07 bits per heavy atom. The molecule has 1 unspecified atom stereocenters. The highest BCUT2D eigenvalue weighted by molar-refractivity contribution is 4.74. The van der Waals surface area contributed by atoms with E-state index in [9.17, 15) is 13.2 Å². The Morgan fingerprint density at radius 3 is 2.60 bits per heavy atom. The van der Waals surface area contributed by atoms with E-state index in [1.165, 1.54) is 0 Å². The molecule has 0 aliphatic carbocycles. The number of nitrogens with zero attached hydrogens (tertiary/aromatic N) is 1. The van der Waals surface area contributed by atoms with Crippen molar-refractivity contribution in [2.24, 2.45) is 5.92 Å². The zero-order chi connectivity index (χ0) is 11.5. The van der Waals surface area contributed by atoms with Crippen molar-refractivity contribution in [1.82, 2.24) is 4.90 Å². The summed E-state index contributed by atoms with van der Waals surface area (Å²) in [7, 11) is 0. The van der Waals surface area contributed by atoms with E-state index in [0.29, 0.717) is 25.6 Å². The van der Waals surface area contributed by atoms with Crippen LogP contribution in [0.4, 0.5) is 13.2 Å². The van der Waals surface area contributed by atoms with E-state index in [0.717, 1.165) is 0 Å². The first-order chi connectivity index (χ1) is 6.88. The van der Waals surface area contributed by atoms with E-state index in [-0.39, 0.29) is 12.6 Å². The topological polar surface area (TPSA) is 12.5 Å². The molecular weight excluding hydrogens is 207 g/mol. The molecule has 0 radical (unpaired) electrons. The number of hydrogen-bond donors (Lipinski definition) is 0. The van der Waals surface area contributed by atoms with Crippen LogP contribution in [0.15, 0.2) is 0 Å². The summed E-state index contributed by atoms with van der Waals surface area (Å²) < 4.78 is 41.5. The van der Waals surface area contributed by atoms with Gasteiger partial charge in [-0.1, -0.05) is 13.8 Å². The Balaban J connectivity index is 2.30. The van der Waals surface area contributed by atoms with Gasteiger partial charge < -0.3 is 4.74 Å². The molecule has 0 aromatic rings. The Hall–Kier alpha value is -0.290. The molecule has 0 saturated carbocycles. The van der Waals surface area contributed by atoms with Crippen molar-refractivity contribution in [3.8, 4) is 0 Å². The molecule has 1 saturated heterocycles. The molecule has 1 aliphatic rings. The molecule has 0 bridgehead atoms. The second-order valence-corrected chi connectivity index (χ2v) is 4.32. The van der Waals surface area contributed by atoms with Gasteiger partial charge in [-0.3, -0.25) is 4.90 Å². The van der Waals surface area contributed by atoms with Crippen LogP contribution < -0.4 is 0 Å². The van der Waals surface area contributed by atoms with Crippen molar-refractivity contribution in [2.75, 3.05) is 26.2 Å². The van der Waals surface area contributed by atoms with Crippen LogP contribution in [0, 0.1) is 5.92 Å². The first-order valence-electron chi connectivity index (χ1n) is 5.29. The average Bonchev–Trinajstić information content (AvgIpc) is 2.14. The lowest BCUT2D eigenvalue weighted by molar-refractivity contribution is -0.142. The zero-order valence-electron chi connectivity index (χ0n) is 9.18. The summed E-state index contributed by atoms with van der Waals surface area (Å²) >= 11 is 0. The summed E-state index contributed by atoms with van der Waals surface area (Å²) in [5, 5.41) is 0. The summed E-state index contributed by atoms with van der Waals surface area (Å²) in [6, 6.07) is 0. The molecule has 0 aromatic heterocycles. The lowest BCUT2D eigenvalue weighted by Gasteiger charge is -2.34. The monoisotopic (exact) mass is 225 g/mol. The van der Waals surface area contributed by atoms with Crippen molar-refractivity contribution >= 4 is 0 Å². The van der Waals surface area contributed by atoms with Gasteiger partial charge in [0.15, 0.2) is 0 Å². The second kappa shape index (κ2) is 5.16. The number of hydrogen-bond acceptors (Lipinski definition) is 2. The Kier molecular flexibility index (Phi) is 4.40. The molecule has 5 heteroatoms. The average molecular weight is 225 g/mol. The molecule has 0 aromatic carbocycles. The van der Waals surface area contributed by atoms with E-state index in [2.05, 4.69) is 0 Å². The number of rotatable bonds is 3. The normalized spacial score (nSPS) is 24.8. The van der Waals surface area contributed by atoms with E-state index in [1.54, 1.807) is 0 Å². The molecule has 0 spiro atoms. The second-order valence-electron chi connectivity index (χ2n) is 4.32. The van der Waals surface area contributed by atoms with Gasteiger partial charge in [0, 0.05) is 19.6 Å². The molecule has 1 heterocycles. The Labute approximate surface area is 88.4 Å². The molecular formula is C10H18F3NO. The maximum Gasteiger partial charge on any atom is 0.390 e. The molecule has 0 amide bonds. The summed E-state index contributed by atoms with van der Waals surface area (Å²) in [5.41, 5.74) is 0. The minimum atomic E-state index is -4.05. The molecule has 1 fully saturated rings. The third-order valence-corrected chi connectivity index (χ3v) is 2.63. The first kappa shape index (κ1) is 12.8. The van der Waals surface area contributed by atoms with Crippen LogP contribution in [0.2, 0.25) is 0 Å². The third kappa shape index (κ3) is 4.84. The SMILES string of the molecule is CC(C)C1CN(CCC(F)(F)F)CCO1. The van der Waals surface area contributed by atoms with Gasteiger partial charge in [0.05, 0.1) is 19.1 Å². The van der Waals surface area contributed by atoms with E-state index in [4.69, 9.17) is 4.74 Å². The molecule has 1 rings (SSSR count). The van der Waals surface area contributed by atoms with Gasteiger partial charge in [0.25, 0.3) is 0 Å². The van der Waals surface area contributed by atoms with Crippen molar-refractivity contribution in [3.05, 3.63) is 0 Å². The molecule has 1 aliphatic heterocycles. The van der Waals surface area contributed by atoms with Gasteiger partial charge in [-0.05, 0) is 5.92 Å². The Bertz CT molecular complexity index is 194. The first-order valence-corrected chi connectivity index (χ1v) is 5.29. The van der Waals surface area contributed by atoms with Crippen LogP contribution >= 0.6 is 0 Å². The molecule has 15 heavy (non-hydrogen) atoms. The lowest BCUT2D eigenvalue weighted by Crippen LogP contribution is -2.45. The number of ether oxygens (including phenoxy) is 1. The number of morpholine rings is 1. The van der Waals surface area contributed by atoms with Gasteiger partial charge in [-0.15, -0.1) is 0 Å². The summed E-state index contributed by atoms with van der Waals surface area (Å²) in [6.07, 6.45) is -4.70. The minimum absolute atomic E-state index is 0.0759. The van der Waals surface area contributed by atoms with Crippen molar-refractivity contribution in [1.29, 1.82) is 0 Å². The number of alkyl halides is 3. The van der Waals surface area contributed by atoms with E-state index >= 15 is 0 Å². The highest BCUT2D eigenvalue weighted by atomic mass is 19.4.